The highest BCUT2D eigenvalue weighted by Crippen LogP contribution is 2.57. The molecule has 0 spiro atoms. The Morgan fingerprint density at radius 2 is 2.14 bits per heavy atom. The van der Waals surface area contributed by atoms with E-state index in [-0.39, 0.29) is 17.9 Å². The maximum atomic E-state index is 12.4. The largest absolute Gasteiger partial charge is 0.481 e. The summed E-state index contributed by atoms with van der Waals surface area (Å²) in [7, 11) is 0. The molecule has 2 aliphatic carbocycles. The Bertz CT molecular complexity index is 673. The lowest BCUT2D eigenvalue weighted by Crippen LogP contribution is -2.33. The van der Waals surface area contributed by atoms with E-state index in [0.29, 0.717) is 24.0 Å². The van der Waals surface area contributed by atoms with Gasteiger partial charge in [0.2, 0.25) is 6.29 Å². The van der Waals surface area contributed by atoms with E-state index in [1.165, 1.54) is 0 Å². The highest BCUT2D eigenvalue weighted by molar-refractivity contribution is 5.97. The molecule has 22 heavy (non-hydrogen) atoms. The lowest BCUT2D eigenvalue weighted by atomic mass is 9.71. The molecule has 4 bridgehead atoms. The van der Waals surface area contributed by atoms with Crippen LogP contribution in [0.5, 0.6) is 0 Å². The van der Waals surface area contributed by atoms with Gasteiger partial charge in [0.05, 0.1) is 6.42 Å². The monoisotopic (exact) mass is 306 g/mol. The van der Waals surface area contributed by atoms with Gasteiger partial charge in [-0.3, -0.25) is 9.59 Å². The van der Waals surface area contributed by atoms with Gasteiger partial charge in [0.1, 0.15) is 11.5 Å². The summed E-state index contributed by atoms with van der Waals surface area (Å²) in [5.41, 5.74) is -0.00777. The van der Waals surface area contributed by atoms with Crippen molar-refractivity contribution in [1.29, 1.82) is 0 Å². The molecule has 4 rings (SSSR count). The number of carboxylic acids is 1. The van der Waals surface area contributed by atoms with Crippen LogP contribution in [0.3, 0.4) is 0 Å². The molecule has 0 aromatic heterocycles. The molecule has 2 heterocycles. The molecule has 4 aliphatic rings. The van der Waals surface area contributed by atoms with E-state index in [2.05, 4.69) is 0 Å². The van der Waals surface area contributed by atoms with Gasteiger partial charge < -0.3 is 19.7 Å². The minimum absolute atomic E-state index is 0.0812. The first-order chi connectivity index (χ1) is 10.4. The molecule has 116 valence electrons. The fourth-order valence-corrected chi connectivity index (χ4v) is 4.24. The van der Waals surface area contributed by atoms with Crippen LogP contribution in [-0.2, 0) is 23.9 Å². The van der Waals surface area contributed by atoms with Crippen molar-refractivity contribution in [2.45, 2.75) is 38.1 Å². The number of rotatable bonds is 2. The molecular formula is C15H14O7. The number of hydrogen-bond acceptors (Lipinski definition) is 6. The Labute approximate surface area is 125 Å². The van der Waals surface area contributed by atoms with Crippen LogP contribution in [0.1, 0.15) is 25.7 Å². The van der Waals surface area contributed by atoms with Crippen molar-refractivity contribution >= 4 is 17.9 Å². The third-order valence-corrected chi connectivity index (χ3v) is 5.10. The molecule has 0 amide bonds. The van der Waals surface area contributed by atoms with Gasteiger partial charge in [0.25, 0.3) is 0 Å². The van der Waals surface area contributed by atoms with Crippen LogP contribution in [0.15, 0.2) is 22.8 Å². The maximum Gasteiger partial charge on any atom is 0.336 e. The standard InChI is InChI=1S/C15H14O7/c16-9(17)5-15-4-7-10(13(19)22-12(7)18)6-2-1-3-8(15)11(6)21-14(15)20/h3,6,11,13,19H,1-2,4-5H2,(H,16,17)/t6-,11-,13?,15+/m1/s1. The number of carbonyl (C=O) groups is 3. The van der Waals surface area contributed by atoms with E-state index < -0.39 is 42.1 Å². The molecule has 0 saturated carbocycles. The number of ether oxygens (including phenoxy) is 2. The van der Waals surface area contributed by atoms with E-state index in [0.717, 1.165) is 0 Å². The molecular weight excluding hydrogens is 292 g/mol. The van der Waals surface area contributed by atoms with Crippen LogP contribution in [0, 0.1) is 11.3 Å². The predicted octanol–water partition coefficient (Wildman–Crippen LogP) is 0.285. The Balaban J connectivity index is 1.93. The molecule has 4 atom stereocenters. The predicted molar refractivity (Wildman–Crippen MR) is 69.1 cm³/mol. The van der Waals surface area contributed by atoms with Crippen molar-refractivity contribution in [2.24, 2.45) is 11.3 Å². The van der Waals surface area contributed by atoms with Crippen molar-refractivity contribution in [3.8, 4) is 0 Å². The normalized spacial score (nSPS) is 39.0. The van der Waals surface area contributed by atoms with E-state index in [9.17, 15) is 24.6 Å². The third-order valence-electron chi connectivity index (χ3n) is 5.10. The number of aliphatic hydroxyl groups excluding tert-OH is 1. The van der Waals surface area contributed by atoms with Gasteiger partial charge in [-0.25, -0.2) is 4.79 Å². The number of esters is 2. The molecule has 2 aliphatic heterocycles. The Morgan fingerprint density at radius 3 is 2.86 bits per heavy atom. The first-order valence-corrected chi connectivity index (χ1v) is 7.19. The quantitative estimate of drug-likeness (QED) is 0.557. The van der Waals surface area contributed by atoms with Crippen LogP contribution in [-0.4, -0.2) is 40.5 Å². The average Bonchev–Trinajstić information content (AvgIpc) is 2.83. The molecule has 0 aromatic carbocycles. The number of cyclic esters (lactones) is 1. The van der Waals surface area contributed by atoms with Gasteiger partial charge in [-0.2, -0.15) is 0 Å². The van der Waals surface area contributed by atoms with Gasteiger partial charge in [0, 0.05) is 23.5 Å². The van der Waals surface area contributed by atoms with Gasteiger partial charge in [-0.15, -0.1) is 0 Å². The number of aliphatic carboxylic acids is 1. The minimum Gasteiger partial charge on any atom is -0.481 e. The van der Waals surface area contributed by atoms with Crippen LogP contribution in [0.2, 0.25) is 0 Å². The van der Waals surface area contributed by atoms with E-state index in [4.69, 9.17) is 9.47 Å². The fourth-order valence-electron chi connectivity index (χ4n) is 4.24. The van der Waals surface area contributed by atoms with E-state index in [1.54, 1.807) is 0 Å². The van der Waals surface area contributed by atoms with Gasteiger partial charge in [-0.05, 0) is 18.4 Å². The summed E-state index contributed by atoms with van der Waals surface area (Å²) >= 11 is 0. The third kappa shape index (κ3) is 1.51. The van der Waals surface area contributed by atoms with Crippen molar-refractivity contribution in [3.05, 3.63) is 22.8 Å². The highest BCUT2D eigenvalue weighted by atomic mass is 16.6. The summed E-state index contributed by atoms with van der Waals surface area (Å²) in [5, 5.41) is 19.2. The summed E-state index contributed by atoms with van der Waals surface area (Å²) in [6, 6.07) is 0. The summed E-state index contributed by atoms with van der Waals surface area (Å²) in [4.78, 5) is 35.7. The topological polar surface area (TPSA) is 110 Å². The summed E-state index contributed by atoms with van der Waals surface area (Å²) < 4.78 is 10.3. The first-order valence-electron chi connectivity index (χ1n) is 7.19. The van der Waals surface area contributed by atoms with Crippen molar-refractivity contribution < 1.29 is 34.1 Å². The van der Waals surface area contributed by atoms with Crippen LogP contribution < -0.4 is 0 Å². The SMILES string of the molecule is O=C(O)C[C@@]12CC3=C(C(O)OC3=O)[C@H]3CCC=C1[C@@H]3OC2=O. The van der Waals surface area contributed by atoms with Gasteiger partial charge in [-0.1, -0.05) is 6.08 Å². The summed E-state index contributed by atoms with van der Waals surface area (Å²) in [6.07, 6.45) is 0.686. The van der Waals surface area contributed by atoms with Gasteiger partial charge >= 0.3 is 17.9 Å². The number of hydrogen-bond donors (Lipinski definition) is 2. The summed E-state index contributed by atoms with van der Waals surface area (Å²) in [5.74, 6) is -2.71. The van der Waals surface area contributed by atoms with Crippen molar-refractivity contribution in [1.82, 2.24) is 0 Å². The second-order valence-electron chi connectivity index (χ2n) is 6.19. The second kappa shape index (κ2) is 4.19. The zero-order valence-corrected chi connectivity index (χ0v) is 11.6. The first kappa shape index (κ1) is 13.5. The molecule has 0 aromatic rings. The Morgan fingerprint density at radius 1 is 1.36 bits per heavy atom. The number of aliphatic hydroxyl groups is 1. The van der Waals surface area contributed by atoms with E-state index >= 15 is 0 Å². The zero-order valence-electron chi connectivity index (χ0n) is 11.6. The van der Waals surface area contributed by atoms with Crippen molar-refractivity contribution in [2.75, 3.05) is 0 Å². The van der Waals surface area contributed by atoms with Gasteiger partial charge in [0.15, 0.2) is 0 Å². The molecule has 7 nitrogen and oxygen atoms in total. The number of fused-ring (bicyclic) bond motifs is 1. The lowest BCUT2D eigenvalue weighted by Gasteiger charge is -2.29. The number of carboxylic acid groups (broad SMARTS) is 1. The lowest BCUT2D eigenvalue weighted by molar-refractivity contribution is -0.154. The highest BCUT2D eigenvalue weighted by Gasteiger charge is 2.62. The average molecular weight is 306 g/mol. The number of carbonyl (C=O) groups excluding carboxylic acids is 2. The smallest absolute Gasteiger partial charge is 0.336 e. The second-order valence-corrected chi connectivity index (χ2v) is 6.19. The minimum atomic E-state index is -1.35. The zero-order chi connectivity index (χ0) is 15.6. The fraction of sp³-hybridized carbons (Fsp3) is 0.533. The Hall–Kier alpha value is -2.15. The molecule has 7 heteroatoms. The number of allylic oxidation sites excluding steroid dienone is 1. The van der Waals surface area contributed by atoms with Crippen LogP contribution >= 0.6 is 0 Å². The van der Waals surface area contributed by atoms with Crippen LogP contribution in [0.4, 0.5) is 0 Å². The summed E-state index contributed by atoms with van der Waals surface area (Å²) in [6.45, 7) is 0. The van der Waals surface area contributed by atoms with Crippen LogP contribution in [0.25, 0.3) is 0 Å². The maximum absolute atomic E-state index is 12.4. The van der Waals surface area contributed by atoms with Crippen molar-refractivity contribution in [3.63, 3.8) is 0 Å². The molecule has 1 unspecified atom stereocenters. The molecule has 0 radical (unpaired) electrons. The van der Waals surface area contributed by atoms with E-state index in [1.807, 2.05) is 6.08 Å². The molecule has 1 fully saturated rings. The molecule has 1 saturated heterocycles. The Kier molecular flexibility index (Phi) is 2.57. The molecule has 2 N–H and O–H groups in total.